The number of aryl methyl sites for hydroxylation is 2. The maximum absolute atomic E-state index is 11.8. The average molecular weight is 247 g/mol. The third-order valence-corrected chi connectivity index (χ3v) is 3.58. The lowest BCUT2D eigenvalue weighted by Gasteiger charge is -2.14. The van der Waals surface area contributed by atoms with Crippen LogP contribution in [0.1, 0.15) is 34.3 Å². The lowest BCUT2D eigenvalue weighted by molar-refractivity contribution is 0.0472. The predicted molar refractivity (Wildman–Crippen MR) is 71.9 cm³/mol. The SMILES string of the molecule is Cc1ccc(C(=O)OCCN2CCCC2)cc1C. The number of ether oxygens (including phenoxy) is 1. The minimum Gasteiger partial charge on any atom is -0.461 e. The summed E-state index contributed by atoms with van der Waals surface area (Å²) in [5.74, 6) is -0.211. The van der Waals surface area contributed by atoms with Gasteiger partial charge in [-0.05, 0) is 63.0 Å². The maximum Gasteiger partial charge on any atom is 0.338 e. The zero-order valence-corrected chi connectivity index (χ0v) is 11.2. The number of hydrogen-bond donors (Lipinski definition) is 0. The van der Waals surface area contributed by atoms with Gasteiger partial charge in [-0.25, -0.2) is 4.79 Å². The van der Waals surface area contributed by atoms with Crippen LogP contribution in [-0.4, -0.2) is 37.1 Å². The summed E-state index contributed by atoms with van der Waals surface area (Å²) in [6, 6.07) is 5.69. The standard InChI is InChI=1S/C15H21NO2/c1-12-5-6-14(11-13(12)2)15(17)18-10-9-16-7-3-4-8-16/h5-6,11H,3-4,7-10H2,1-2H3. The average Bonchev–Trinajstić information content (AvgIpc) is 2.85. The summed E-state index contributed by atoms with van der Waals surface area (Å²) >= 11 is 0. The molecule has 98 valence electrons. The third-order valence-electron chi connectivity index (χ3n) is 3.58. The van der Waals surface area contributed by atoms with Crippen molar-refractivity contribution in [2.24, 2.45) is 0 Å². The first-order valence-electron chi connectivity index (χ1n) is 6.63. The van der Waals surface area contributed by atoms with Gasteiger partial charge in [-0.15, -0.1) is 0 Å². The van der Waals surface area contributed by atoms with Gasteiger partial charge >= 0.3 is 5.97 Å². The molecule has 2 rings (SSSR count). The van der Waals surface area contributed by atoms with Gasteiger partial charge in [0.25, 0.3) is 0 Å². The van der Waals surface area contributed by atoms with Gasteiger partial charge in [0.15, 0.2) is 0 Å². The summed E-state index contributed by atoms with van der Waals surface area (Å²) in [7, 11) is 0. The number of rotatable bonds is 4. The molecule has 0 aliphatic carbocycles. The summed E-state index contributed by atoms with van der Waals surface area (Å²) in [6.45, 7) is 7.68. The molecular formula is C15H21NO2. The Morgan fingerprint density at radius 3 is 2.61 bits per heavy atom. The van der Waals surface area contributed by atoms with Crippen LogP contribution in [0.15, 0.2) is 18.2 Å². The highest BCUT2D eigenvalue weighted by Gasteiger charge is 2.12. The van der Waals surface area contributed by atoms with Crippen molar-refractivity contribution in [1.29, 1.82) is 0 Å². The lowest BCUT2D eigenvalue weighted by Crippen LogP contribution is -2.25. The number of benzene rings is 1. The molecule has 0 spiro atoms. The van der Waals surface area contributed by atoms with E-state index >= 15 is 0 Å². The molecule has 0 N–H and O–H groups in total. The van der Waals surface area contributed by atoms with Crippen molar-refractivity contribution >= 4 is 5.97 Å². The van der Waals surface area contributed by atoms with Crippen LogP contribution in [0.25, 0.3) is 0 Å². The first-order valence-corrected chi connectivity index (χ1v) is 6.63. The molecule has 1 aliphatic rings. The summed E-state index contributed by atoms with van der Waals surface area (Å²) in [5.41, 5.74) is 2.98. The van der Waals surface area contributed by atoms with Crippen LogP contribution in [0, 0.1) is 13.8 Å². The second-order valence-corrected chi connectivity index (χ2v) is 4.98. The largest absolute Gasteiger partial charge is 0.461 e. The van der Waals surface area contributed by atoms with E-state index in [9.17, 15) is 4.79 Å². The maximum atomic E-state index is 11.8. The van der Waals surface area contributed by atoms with Crippen molar-refractivity contribution in [2.75, 3.05) is 26.2 Å². The summed E-state index contributed by atoms with van der Waals surface area (Å²) < 4.78 is 5.30. The Bertz CT molecular complexity index is 423. The van der Waals surface area contributed by atoms with Gasteiger partial charge in [0.2, 0.25) is 0 Å². The van der Waals surface area contributed by atoms with Gasteiger partial charge in [0, 0.05) is 6.54 Å². The number of carbonyl (C=O) groups excluding carboxylic acids is 1. The van der Waals surface area contributed by atoms with E-state index in [1.807, 2.05) is 32.0 Å². The van der Waals surface area contributed by atoms with Crippen LogP contribution in [0.3, 0.4) is 0 Å². The van der Waals surface area contributed by atoms with Gasteiger partial charge in [-0.1, -0.05) is 6.07 Å². The van der Waals surface area contributed by atoms with E-state index in [4.69, 9.17) is 4.74 Å². The number of esters is 1. The summed E-state index contributed by atoms with van der Waals surface area (Å²) in [6.07, 6.45) is 2.54. The van der Waals surface area contributed by atoms with Crippen molar-refractivity contribution in [1.82, 2.24) is 4.90 Å². The molecule has 0 amide bonds. The number of nitrogens with zero attached hydrogens (tertiary/aromatic N) is 1. The molecule has 1 aromatic carbocycles. The molecule has 3 nitrogen and oxygen atoms in total. The first-order chi connectivity index (χ1) is 8.66. The Balaban J connectivity index is 1.81. The Morgan fingerprint density at radius 1 is 1.22 bits per heavy atom. The lowest BCUT2D eigenvalue weighted by atomic mass is 10.1. The molecule has 0 bridgehead atoms. The Kier molecular flexibility index (Phi) is 4.37. The quantitative estimate of drug-likeness (QED) is 0.766. The molecule has 0 saturated carbocycles. The smallest absolute Gasteiger partial charge is 0.338 e. The predicted octanol–water partition coefficient (Wildman–Crippen LogP) is 2.56. The van der Waals surface area contributed by atoms with Crippen molar-refractivity contribution in [3.8, 4) is 0 Å². The highest BCUT2D eigenvalue weighted by Crippen LogP contribution is 2.11. The van der Waals surface area contributed by atoms with Gasteiger partial charge < -0.3 is 4.74 Å². The Morgan fingerprint density at radius 2 is 1.94 bits per heavy atom. The van der Waals surface area contributed by atoms with Crippen LogP contribution in [0.4, 0.5) is 0 Å². The molecule has 0 unspecified atom stereocenters. The molecule has 1 saturated heterocycles. The Labute approximate surface area is 109 Å². The monoisotopic (exact) mass is 247 g/mol. The van der Waals surface area contributed by atoms with Gasteiger partial charge in [0.05, 0.1) is 5.56 Å². The van der Waals surface area contributed by atoms with Crippen LogP contribution >= 0.6 is 0 Å². The molecule has 3 heteroatoms. The van der Waals surface area contributed by atoms with E-state index in [2.05, 4.69) is 4.90 Å². The van der Waals surface area contributed by atoms with Gasteiger partial charge in [0.1, 0.15) is 6.61 Å². The van der Waals surface area contributed by atoms with E-state index in [-0.39, 0.29) is 5.97 Å². The van der Waals surface area contributed by atoms with E-state index in [0.29, 0.717) is 12.2 Å². The molecule has 0 aromatic heterocycles. The fourth-order valence-electron chi connectivity index (χ4n) is 2.23. The minimum absolute atomic E-state index is 0.211. The summed E-state index contributed by atoms with van der Waals surface area (Å²) in [4.78, 5) is 14.2. The number of hydrogen-bond acceptors (Lipinski definition) is 3. The second-order valence-electron chi connectivity index (χ2n) is 4.98. The van der Waals surface area contributed by atoms with Crippen molar-refractivity contribution in [3.63, 3.8) is 0 Å². The van der Waals surface area contributed by atoms with Crippen LogP contribution in [0.2, 0.25) is 0 Å². The molecule has 18 heavy (non-hydrogen) atoms. The zero-order valence-electron chi connectivity index (χ0n) is 11.2. The molecule has 1 fully saturated rings. The second kappa shape index (κ2) is 6.01. The normalized spacial score (nSPS) is 15.9. The van der Waals surface area contributed by atoms with Crippen molar-refractivity contribution in [2.45, 2.75) is 26.7 Å². The van der Waals surface area contributed by atoms with E-state index in [0.717, 1.165) is 25.2 Å². The topological polar surface area (TPSA) is 29.5 Å². The van der Waals surface area contributed by atoms with Crippen molar-refractivity contribution < 1.29 is 9.53 Å². The van der Waals surface area contributed by atoms with E-state index in [1.54, 1.807) is 0 Å². The van der Waals surface area contributed by atoms with Crippen LogP contribution in [0.5, 0.6) is 0 Å². The van der Waals surface area contributed by atoms with Gasteiger partial charge in [-0.2, -0.15) is 0 Å². The number of likely N-dealkylation sites (tertiary alicyclic amines) is 1. The fraction of sp³-hybridized carbons (Fsp3) is 0.533. The molecule has 1 heterocycles. The minimum atomic E-state index is -0.211. The zero-order chi connectivity index (χ0) is 13.0. The van der Waals surface area contributed by atoms with E-state index in [1.165, 1.54) is 18.4 Å². The highest BCUT2D eigenvalue weighted by atomic mass is 16.5. The van der Waals surface area contributed by atoms with E-state index < -0.39 is 0 Å². The first kappa shape index (κ1) is 13.1. The molecule has 1 aromatic rings. The molecular weight excluding hydrogens is 226 g/mol. The Hall–Kier alpha value is -1.35. The number of carbonyl (C=O) groups is 1. The molecule has 0 radical (unpaired) electrons. The van der Waals surface area contributed by atoms with Crippen LogP contribution < -0.4 is 0 Å². The summed E-state index contributed by atoms with van der Waals surface area (Å²) in [5, 5.41) is 0. The van der Waals surface area contributed by atoms with Crippen LogP contribution in [-0.2, 0) is 4.74 Å². The third kappa shape index (κ3) is 3.33. The molecule has 1 aliphatic heterocycles. The fourth-order valence-corrected chi connectivity index (χ4v) is 2.23. The van der Waals surface area contributed by atoms with Crippen molar-refractivity contribution in [3.05, 3.63) is 34.9 Å². The van der Waals surface area contributed by atoms with Gasteiger partial charge in [-0.3, -0.25) is 4.90 Å². The highest BCUT2D eigenvalue weighted by molar-refractivity contribution is 5.89. The molecule has 0 atom stereocenters.